The highest BCUT2D eigenvalue weighted by Gasteiger charge is 2.29. The fraction of sp³-hybridized carbons (Fsp3) is 0.464. The van der Waals surface area contributed by atoms with Gasteiger partial charge in [-0.2, -0.15) is 10.2 Å². The highest BCUT2D eigenvalue weighted by Crippen LogP contribution is 2.33. The molecule has 0 saturated heterocycles. The molecule has 0 fully saturated rings. The van der Waals surface area contributed by atoms with Gasteiger partial charge in [0.2, 0.25) is 5.91 Å². The molecule has 1 amide bonds. The second-order valence-electron chi connectivity index (χ2n) is 10.8. The van der Waals surface area contributed by atoms with Gasteiger partial charge in [-0.15, -0.1) is 0 Å². The van der Waals surface area contributed by atoms with E-state index >= 15 is 0 Å². The first-order valence-corrected chi connectivity index (χ1v) is 13.9. The molecule has 7 nitrogen and oxygen atoms in total. The molecular weight excluding hydrogens is 497 g/mol. The quantitative estimate of drug-likeness (QED) is 0.322. The molecule has 4 rings (SSSR count). The lowest BCUT2D eigenvalue weighted by molar-refractivity contribution is -0.119. The minimum Gasteiger partial charge on any atom is -0.370 e. The molecule has 0 radical (unpaired) electrons. The van der Waals surface area contributed by atoms with Crippen molar-refractivity contribution in [3.8, 4) is 5.69 Å². The van der Waals surface area contributed by atoms with Crippen molar-refractivity contribution in [1.29, 1.82) is 0 Å². The van der Waals surface area contributed by atoms with Crippen molar-refractivity contribution in [2.75, 3.05) is 11.9 Å². The van der Waals surface area contributed by atoms with Crippen LogP contribution in [0, 0.1) is 6.92 Å². The van der Waals surface area contributed by atoms with Crippen LogP contribution >= 0.6 is 9.24 Å². The molecule has 1 aromatic carbocycles. The third-order valence-electron chi connectivity index (χ3n) is 7.40. The second kappa shape index (κ2) is 10.7. The minimum atomic E-state index is -1.59. The Kier molecular flexibility index (Phi) is 7.90. The molecule has 1 aliphatic heterocycles. The van der Waals surface area contributed by atoms with Crippen LogP contribution in [0.5, 0.6) is 0 Å². The fourth-order valence-corrected chi connectivity index (χ4v) is 5.00. The van der Waals surface area contributed by atoms with Crippen molar-refractivity contribution in [2.45, 2.75) is 78.9 Å². The lowest BCUT2D eigenvalue weighted by atomic mass is 9.92. The van der Waals surface area contributed by atoms with E-state index in [0.717, 1.165) is 46.0 Å². The molecule has 0 spiro atoms. The standard InChI is InChI=1S/C28H39BFN6OP/c1-8-18(4)27(33(7)17(2)3)22-15-25-34(26(37)11-12-35(25)31-22)16-20-9-10-23(21(29)14-20)36-19(5)13-24(32-36)28(6,30)38/h9-10,13-15,17H,8,11-12,16,29,38H2,1-7H3/b27-18-. The number of benzene rings is 1. The van der Waals surface area contributed by atoms with Gasteiger partial charge in [0.1, 0.15) is 25.1 Å². The smallest absolute Gasteiger partial charge is 0.230 e. The number of halogens is 1. The molecule has 2 unspecified atom stereocenters. The van der Waals surface area contributed by atoms with Crippen molar-refractivity contribution in [2.24, 2.45) is 0 Å². The Morgan fingerprint density at radius 1 is 1.26 bits per heavy atom. The molecule has 0 bridgehead atoms. The normalized spacial score (nSPS) is 15.9. The van der Waals surface area contributed by atoms with E-state index in [-0.39, 0.29) is 5.91 Å². The van der Waals surface area contributed by atoms with Crippen molar-refractivity contribution < 1.29 is 9.18 Å². The van der Waals surface area contributed by atoms with Crippen LogP contribution in [0.1, 0.15) is 70.1 Å². The van der Waals surface area contributed by atoms with Crippen LogP contribution in [0.4, 0.5) is 10.2 Å². The summed E-state index contributed by atoms with van der Waals surface area (Å²) in [6.45, 7) is 13.1. The number of allylic oxidation sites excluding steroid dienone is 1. The molecular formula is C28H39BFN6OP. The van der Waals surface area contributed by atoms with Crippen molar-refractivity contribution in [1.82, 2.24) is 24.5 Å². The number of carbonyl (C=O) groups excluding carboxylic acids is 1. The van der Waals surface area contributed by atoms with E-state index in [1.807, 2.05) is 36.5 Å². The summed E-state index contributed by atoms with van der Waals surface area (Å²) in [5.41, 5.74) is 7.45. The van der Waals surface area contributed by atoms with Gasteiger partial charge in [-0.1, -0.05) is 33.8 Å². The lowest BCUT2D eigenvalue weighted by Crippen LogP contribution is -2.37. The van der Waals surface area contributed by atoms with Crippen molar-refractivity contribution in [3.63, 3.8) is 0 Å². The van der Waals surface area contributed by atoms with E-state index in [0.29, 0.717) is 31.2 Å². The first kappa shape index (κ1) is 28.1. The molecule has 38 heavy (non-hydrogen) atoms. The summed E-state index contributed by atoms with van der Waals surface area (Å²) in [5.74, 6) is 0.919. The van der Waals surface area contributed by atoms with Gasteiger partial charge in [-0.05, 0) is 64.3 Å². The van der Waals surface area contributed by atoms with Gasteiger partial charge in [0.05, 0.1) is 24.5 Å². The molecule has 10 heteroatoms. The van der Waals surface area contributed by atoms with E-state index in [9.17, 15) is 9.18 Å². The number of carbonyl (C=O) groups is 1. The van der Waals surface area contributed by atoms with Crippen LogP contribution in [0.15, 0.2) is 35.9 Å². The molecule has 3 heterocycles. The largest absolute Gasteiger partial charge is 0.370 e. The van der Waals surface area contributed by atoms with Crippen molar-refractivity contribution in [3.05, 3.63) is 58.6 Å². The number of rotatable bonds is 8. The summed E-state index contributed by atoms with van der Waals surface area (Å²) < 4.78 is 18.2. The maximum atomic E-state index is 14.4. The van der Waals surface area contributed by atoms with Crippen LogP contribution in [-0.2, 0) is 23.3 Å². The monoisotopic (exact) mass is 536 g/mol. The number of alkyl halides is 1. The zero-order valence-electron chi connectivity index (χ0n) is 23.8. The molecule has 1 aliphatic rings. The summed E-state index contributed by atoms with van der Waals surface area (Å²) in [7, 11) is 6.32. The SMILES string of the molecule is Bc1cc(CN2C(=O)CCn3nc(/C(=C(\C)CC)N(C)C(C)C)cc32)ccc1-n1nc(C(C)(F)P)cc1C. The lowest BCUT2D eigenvalue weighted by Gasteiger charge is -2.28. The number of aryl methyl sites for hydroxylation is 2. The molecule has 2 aromatic heterocycles. The molecule has 0 N–H and O–H groups in total. The summed E-state index contributed by atoms with van der Waals surface area (Å²) >= 11 is 0. The Bertz CT molecular complexity index is 1390. The van der Waals surface area contributed by atoms with Gasteiger partial charge in [0.15, 0.2) is 5.41 Å². The van der Waals surface area contributed by atoms with Crippen molar-refractivity contribution >= 4 is 40.0 Å². The third kappa shape index (κ3) is 5.44. The van der Waals surface area contributed by atoms with E-state index in [1.165, 1.54) is 12.5 Å². The predicted molar refractivity (Wildman–Crippen MR) is 158 cm³/mol. The molecule has 202 valence electrons. The Morgan fingerprint density at radius 2 is 1.97 bits per heavy atom. The van der Waals surface area contributed by atoms with Gasteiger partial charge in [-0.25, -0.2) is 13.8 Å². The predicted octanol–water partition coefficient (Wildman–Crippen LogP) is 4.07. The Labute approximate surface area is 228 Å². The van der Waals surface area contributed by atoms with E-state index < -0.39 is 5.41 Å². The Hall–Kier alpha value is -2.93. The number of aromatic nitrogens is 4. The molecule has 0 aliphatic carbocycles. The van der Waals surface area contributed by atoms with Gasteiger partial charge >= 0.3 is 0 Å². The number of anilines is 1. The maximum absolute atomic E-state index is 14.4. The third-order valence-corrected chi connectivity index (χ3v) is 7.69. The number of amides is 1. The number of hydrogen-bond donors (Lipinski definition) is 0. The number of hydrogen-bond acceptors (Lipinski definition) is 4. The van der Waals surface area contributed by atoms with E-state index in [2.05, 4.69) is 66.1 Å². The average Bonchev–Trinajstić information content (AvgIpc) is 3.44. The van der Waals surface area contributed by atoms with Gasteiger partial charge in [0.25, 0.3) is 0 Å². The Balaban J connectivity index is 1.66. The maximum Gasteiger partial charge on any atom is 0.230 e. The van der Waals surface area contributed by atoms with Gasteiger partial charge < -0.3 is 4.90 Å². The summed E-state index contributed by atoms with van der Waals surface area (Å²) in [6, 6.07) is 10.2. The van der Waals surface area contributed by atoms with Crippen LogP contribution in [0.25, 0.3) is 11.4 Å². The summed E-state index contributed by atoms with van der Waals surface area (Å²) in [5, 5.41) is 7.85. The first-order chi connectivity index (χ1) is 17.8. The second-order valence-corrected chi connectivity index (χ2v) is 11.9. The van der Waals surface area contributed by atoms with Crippen LogP contribution < -0.4 is 10.4 Å². The molecule has 3 aromatic rings. The number of fused-ring (bicyclic) bond motifs is 1. The molecule has 0 saturated carbocycles. The fourth-order valence-electron chi connectivity index (χ4n) is 4.86. The van der Waals surface area contributed by atoms with Crippen LogP contribution in [0.2, 0.25) is 0 Å². The number of nitrogens with zero attached hydrogens (tertiary/aromatic N) is 6. The van der Waals surface area contributed by atoms with E-state index in [1.54, 1.807) is 10.7 Å². The van der Waals surface area contributed by atoms with E-state index in [4.69, 9.17) is 5.10 Å². The zero-order valence-corrected chi connectivity index (χ0v) is 25.0. The summed E-state index contributed by atoms with van der Waals surface area (Å²) in [4.78, 5) is 17.2. The Morgan fingerprint density at radius 3 is 2.55 bits per heavy atom. The zero-order chi connectivity index (χ0) is 27.9. The van der Waals surface area contributed by atoms with Gasteiger partial charge in [-0.3, -0.25) is 9.69 Å². The highest BCUT2D eigenvalue weighted by molar-refractivity contribution is 7.18. The average molecular weight is 536 g/mol. The molecule has 2 atom stereocenters. The highest BCUT2D eigenvalue weighted by atomic mass is 31.0. The van der Waals surface area contributed by atoms with Crippen LogP contribution in [-0.4, -0.2) is 51.3 Å². The minimum absolute atomic E-state index is 0.0934. The van der Waals surface area contributed by atoms with Crippen LogP contribution in [0.3, 0.4) is 0 Å². The first-order valence-electron chi connectivity index (χ1n) is 13.3. The topological polar surface area (TPSA) is 59.2 Å². The van der Waals surface area contributed by atoms with Gasteiger partial charge in [0, 0.05) is 31.3 Å². The summed E-state index contributed by atoms with van der Waals surface area (Å²) in [6.07, 6.45) is 1.35.